The Labute approximate surface area is 98.3 Å². The molecular formula is C12H12FN3O. The van der Waals surface area contributed by atoms with Crippen LogP contribution in [0.4, 0.5) is 4.39 Å². The molecule has 0 saturated carbocycles. The third kappa shape index (κ3) is 2.39. The summed E-state index contributed by atoms with van der Waals surface area (Å²) in [4.78, 5) is 7.71. The molecule has 17 heavy (non-hydrogen) atoms. The SMILES string of the molecule is COc1ccc(C(N)c2cncnc2)c(F)c1. The quantitative estimate of drug-likeness (QED) is 0.876. The van der Waals surface area contributed by atoms with Crippen molar-refractivity contribution in [3.8, 4) is 5.75 Å². The summed E-state index contributed by atoms with van der Waals surface area (Å²) in [5.41, 5.74) is 7.00. The van der Waals surface area contributed by atoms with E-state index in [-0.39, 0.29) is 0 Å². The Balaban J connectivity index is 2.34. The second-order valence-electron chi connectivity index (χ2n) is 3.54. The molecule has 4 nitrogen and oxygen atoms in total. The van der Waals surface area contributed by atoms with Gasteiger partial charge in [-0.05, 0) is 6.07 Å². The zero-order valence-corrected chi connectivity index (χ0v) is 9.30. The zero-order valence-electron chi connectivity index (χ0n) is 9.30. The Morgan fingerprint density at radius 2 is 2.00 bits per heavy atom. The van der Waals surface area contributed by atoms with Gasteiger partial charge in [-0.15, -0.1) is 0 Å². The highest BCUT2D eigenvalue weighted by molar-refractivity contribution is 5.34. The Kier molecular flexibility index (Phi) is 3.30. The fourth-order valence-electron chi connectivity index (χ4n) is 1.54. The van der Waals surface area contributed by atoms with E-state index in [2.05, 4.69) is 9.97 Å². The molecule has 2 aromatic rings. The predicted molar refractivity (Wildman–Crippen MR) is 61.0 cm³/mol. The van der Waals surface area contributed by atoms with Gasteiger partial charge >= 0.3 is 0 Å². The van der Waals surface area contributed by atoms with Gasteiger partial charge in [-0.2, -0.15) is 0 Å². The molecule has 1 aromatic carbocycles. The van der Waals surface area contributed by atoms with Crippen molar-refractivity contribution in [1.82, 2.24) is 9.97 Å². The molecule has 5 heteroatoms. The van der Waals surface area contributed by atoms with Gasteiger partial charge in [0, 0.05) is 29.6 Å². The third-order valence-corrected chi connectivity index (χ3v) is 2.48. The van der Waals surface area contributed by atoms with Crippen LogP contribution in [-0.4, -0.2) is 17.1 Å². The normalized spacial score (nSPS) is 12.2. The van der Waals surface area contributed by atoms with Crippen molar-refractivity contribution >= 4 is 0 Å². The van der Waals surface area contributed by atoms with Crippen molar-refractivity contribution in [1.29, 1.82) is 0 Å². The lowest BCUT2D eigenvalue weighted by atomic mass is 10.0. The number of aromatic nitrogens is 2. The molecule has 88 valence electrons. The van der Waals surface area contributed by atoms with Crippen LogP contribution in [0, 0.1) is 5.82 Å². The van der Waals surface area contributed by atoms with Crippen LogP contribution in [0.15, 0.2) is 36.9 Å². The predicted octanol–water partition coefficient (Wildman–Crippen LogP) is 1.67. The molecule has 0 amide bonds. The smallest absolute Gasteiger partial charge is 0.132 e. The van der Waals surface area contributed by atoms with Crippen LogP contribution in [-0.2, 0) is 0 Å². The van der Waals surface area contributed by atoms with Crippen LogP contribution in [0.1, 0.15) is 17.2 Å². The molecule has 2 rings (SSSR count). The summed E-state index contributed by atoms with van der Waals surface area (Å²) in [6.07, 6.45) is 4.54. The second-order valence-corrected chi connectivity index (χ2v) is 3.54. The molecule has 0 aliphatic carbocycles. The van der Waals surface area contributed by atoms with Gasteiger partial charge < -0.3 is 10.5 Å². The van der Waals surface area contributed by atoms with Gasteiger partial charge in [0.1, 0.15) is 17.9 Å². The van der Waals surface area contributed by atoms with E-state index in [0.717, 1.165) is 0 Å². The summed E-state index contributed by atoms with van der Waals surface area (Å²) in [7, 11) is 1.49. The molecule has 0 aliphatic heterocycles. The first-order chi connectivity index (χ1) is 8.22. The van der Waals surface area contributed by atoms with E-state index in [1.807, 2.05) is 0 Å². The minimum Gasteiger partial charge on any atom is -0.497 e. The Hall–Kier alpha value is -2.01. The standard InChI is InChI=1S/C12H12FN3O/c1-17-9-2-3-10(11(13)4-9)12(14)8-5-15-7-16-6-8/h2-7,12H,14H2,1H3. The first kappa shape index (κ1) is 11.5. The van der Waals surface area contributed by atoms with E-state index in [4.69, 9.17) is 10.5 Å². The third-order valence-electron chi connectivity index (χ3n) is 2.48. The maximum atomic E-state index is 13.8. The molecule has 0 aliphatic rings. The Morgan fingerprint density at radius 3 is 2.59 bits per heavy atom. The van der Waals surface area contributed by atoms with E-state index in [9.17, 15) is 4.39 Å². The molecule has 1 heterocycles. The monoisotopic (exact) mass is 233 g/mol. The van der Waals surface area contributed by atoms with Crippen molar-refractivity contribution in [2.24, 2.45) is 5.73 Å². The fourth-order valence-corrected chi connectivity index (χ4v) is 1.54. The van der Waals surface area contributed by atoms with Gasteiger partial charge in [0.25, 0.3) is 0 Å². The molecule has 1 atom stereocenters. The molecule has 0 radical (unpaired) electrons. The van der Waals surface area contributed by atoms with Crippen molar-refractivity contribution in [3.05, 3.63) is 53.9 Å². The number of methoxy groups -OCH3 is 1. The van der Waals surface area contributed by atoms with Gasteiger partial charge in [0.2, 0.25) is 0 Å². The second kappa shape index (κ2) is 4.88. The highest BCUT2D eigenvalue weighted by Crippen LogP contribution is 2.24. The zero-order chi connectivity index (χ0) is 12.3. The van der Waals surface area contributed by atoms with Crippen LogP contribution in [0.25, 0.3) is 0 Å². The molecule has 0 bridgehead atoms. The lowest BCUT2D eigenvalue weighted by molar-refractivity contribution is 0.410. The van der Waals surface area contributed by atoms with Crippen LogP contribution in [0.2, 0.25) is 0 Å². The molecule has 1 unspecified atom stereocenters. The van der Waals surface area contributed by atoms with Gasteiger partial charge in [-0.25, -0.2) is 14.4 Å². The van der Waals surface area contributed by atoms with E-state index in [1.165, 1.54) is 19.5 Å². The molecule has 2 N–H and O–H groups in total. The summed E-state index contributed by atoms with van der Waals surface area (Å²) in [6, 6.07) is 3.99. The van der Waals surface area contributed by atoms with Gasteiger partial charge in [0.15, 0.2) is 0 Å². The summed E-state index contributed by atoms with van der Waals surface area (Å²) >= 11 is 0. The van der Waals surface area contributed by atoms with Gasteiger partial charge in [-0.3, -0.25) is 0 Å². The van der Waals surface area contributed by atoms with Crippen LogP contribution in [0.5, 0.6) is 5.75 Å². The summed E-state index contributed by atoms with van der Waals surface area (Å²) in [5.74, 6) is 0.0588. The van der Waals surface area contributed by atoms with Crippen LogP contribution < -0.4 is 10.5 Å². The molecular weight excluding hydrogens is 221 g/mol. The number of nitrogens with two attached hydrogens (primary N) is 1. The van der Waals surface area contributed by atoms with Crippen LogP contribution in [0.3, 0.4) is 0 Å². The maximum absolute atomic E-state index is 13.8. The number of halogens is 1. The van der Waals surface area contributed by atoms with Crippen LogP contribution >= 0.6 is 0 Å². The highest BCUT2D eigenvalue weighted by Gasteiger charge is 2.14. The van der Waals surface area contributed by atoms with E-state index >= 15 is 0 Å². The molecule has 0 saturated heterocycles. The average molecular weight is 233 g/mol. The summed E-state index contributed by atoms with van der Waals surface area (Å²) in [5, 5.41) is 0. The van der Waals surface area contributed by atoms with Crippen molar-refractivity contribution < 1.29 is 9.13 Å². The van der Waals surface area contributed by atoms with Gasteiger partial charge in [0.05, 0.1) is 13.2 Å². The summed E-state index contributed by atoms with van der Waals surface area (Å²) in [6.45, 7) is 0. The molecule has 1 aromatic heterocycles. The fraction of sp³-hybridized carbons (Fsp3) is 0.167. The molecule has 0 fully saturated rings. The lowest BCUT2D eigenvalue weighted by Gasteiger charge is -2.13. The van der Waals surface area contributed by atoms with Crippen molar-refractivity contribution in [2.45, 2.75) is 6.04 Å². The molecule has 0 spiro atoms. The maximum Gasteiger partial charge on any atom is 0.132 e. The number of hydrogen-bond acceptors (Lipinski definition) is 4. The van der Waals surface area contributed by atoms with Crippen molar-refractivity contribution in [2.75, 3.05) is 7.11 Å². The number of nitrogens with zero attached hydrogens (tertiary/aromatic N) is 2. The number of hydrogen-bond donors (Lipinski definition) is 1. The topological polar surface area (TPSA) is 61.0 Å². The van der Waals surface area contributed by atoms with E-state index in [1.54, 1.807) is 24.5 Å². The minimum absolute atomic E-state index is 0.389. The average Bonchev–Trinajstić information content (AvgIpc) is 2.39. The lowest BCUT2D eigenvalue weighted by Crippen LogP contribution is -2.14. The number of ether oxygens (including phenoxy) is 1. The van der Waals surface area contributed by atoms with Gasteiger partial charge in [-0.1, -0.05) is 6.07 Å². The Morgan fingerprint density at radius 1 is 1.29 bits per heavy atom. The first-order valence-corrected chi connectivity index (χ1v) is 5.06. The minimum atomic E-state index is -0.581. The summed E-state index contributed by atoms with van der Waals surface area (Å²) < 4.78 is 18.7. The van der Waals surface area contributed by atoms with E-state index < -0.39 is 11.9 Å². The van der Waals surface area contributed by atoms with Crippen molar-refractivity contribution in [3.63, 3.8) is 0 Å². The largest absolute Gasteiger partial charge is 0.497 e. The van der Waals surface area contributed by atoms with E-state index in [0.29, 0.717) is 16.9 Å². The Bertz CT molecular complexity index is 504. The first-order valence-electron chi connectivity index (χ1n) is 5.06. The highest BCUT2D eigenvalue weighted by atomic mass is 19.1. The number of rotatable bonds is 3. The number of benzene rings is 1.